The average Bonchev–Trinajstić information content (AvgIpc) is 3.62. The van der Waals surface area contributed by atoms with E-state index in [1.807, 2.05) is 0 Å². The summed E-state index contributed by atoms with van der Waals surface area (Å²) in [6.07, 6.45) is -0.563. The van der Waals surface area contributed by atoms with Gasteiger partial charge in [-0.15, -0.1) is 22.7 Å². The van der Waals surface area contributed by atoms with Crippen molar-refractivity contribution in [2.45, 2.75) is 32.6 Å². The first-order chi connectivity index (χ1) is 20.9. The van der Waals surface area contributed by atoms with E-state index in [0.717, 1.165) is 22.7 Å². The van der Waals surface area contributed by atoms with E-state index in [9.17, 15) is 19.2 Å². The van der Waals surface area contributed by atoms with Gasteiger partial charge in [0.1, 0.15) is 0 Å². The van der Waals surface area contributed by atoms with Gasteiger partial charge in [-0.1, -0.05) is 6.92 Å². The second-order valence-electron chi connectivity index (χ2n) is 9.72. The quantitative estimate of drug-likeness (QED) is 0.100. The van der Waals surface area contributed by atoms with Gasteiger partial charge in [0, 0.05) is 51.6 Å². The SMILES string of the molecule is COc1cc2sc(C(=O)CCC(=O)O)cc2c(F)c1OCCCOc1c(OC)cc2sc(C(=O)C[C@H](C)C(=O)O)cc2c1F. The third-order valence-electron chi connectivity index (χ3n) is 6.62. The van der Waals surface area contributed by atoms with Crippen molar-refractivity contribution in [1.29, 1.82) is 0 Å². The Morgan fingerprint density at radius 3 is 1.68 bits per heavy atom. The van der Waals surface area contributed by atoms with Gasteiger partial charge in [-0.2, -0.15) is 0 Å². The van der Waals surface area contributed by atoms with E-state index >= 15 is 8.78 Å². The number of aliphatic carboxylic acids is 2. The number of hydrogen-bond donors (Lipinski definition) is 2. The molecule has 1 atom stereocenters. The highest BCUT2D eigenvalue weighted by Gasteiger charge is 2.24. The highest BCUT2D eigenvalue weighted by atomic mass is 32.1. The van der Waals surface area contributed by atoms with Crippen LogP contribution in [0.15, 0.2) is 24.3 Å². The molecular formula is C30H28F2O10S2. The summed E-state index contributed by atoms with van der Waals surface area (Å²) in [6, 6.07) is 5.78. The van der Waals surface area contributed by atoms with Crippen LogP contribution in [-0.2, 0) is 9.59 Å². The van der Waals surface area contributed by atoms with Gasteiger partial charge in [0.05, 0.1) is 49.5 Å². The van der Waals surface area contributed by atoms with Gasteiger partial charge in [0.15, 0.2) is 46.2 Å². The number of hydrogen-bond acceptors (Lipinski definition) is 10. The van der Waals surface area contributed by atoms with Crippen LogP contribution in [0, 0.1) is 17.6 Å². The highest BCUT2D eigenvalue weighted by molar-refractivity contribution is 7.21. The van der Waals surface area contributed by atoms with Crippen molar-refractivity contribution < 1.29 is 57.1 Å². The topological polar surface area (TPSA) is 146 Å². The number of carboxylic acid groups (broad SMARTS) is 2. The first-order valence-electron chi connectivity index (χ1n) is 13.3. The number of ketones is 2. The molecule has 0 bridgehead atoms. The lowest BCUT2D eigenvalue weighted by Crippen LogP contribution is -2.13. The average molecular weight is 651 g/mol. The monoisotopic (exact) mass is 650 g/mol. The van der Waals surface area contributed by atoms with E-state index in [1.165, 1.54) is 45.4 Å². The fraction of sp³-hybridized carbons (Fsp3) is 0.333. The molecule has 14 heteroatoms. The maximum atomic E-state index is 15.5. The van der Waals surface area contributed by atoms with E-state index in [0.29, 0.717) is 9.40 Å². The second-order valence-corrected chi connectivity index (χ2v) is 11.9. The zero-order valence-electron chi connectivity index (χ0n) is 23.9. The van der Waals surface area contributed by atoms with Crippen molar-refractivity contribution in [3.8, 4) is 23.0 Å². The predicted octanol–water partition coefficient (Wildman–Crippen LogP) is 6.60. The lowest BCUT2D eigenvalue weighted by molar-refractivity contribution is -0.141. The summed E-state index contributed by atoms with van der Waals surface area (Å²) in [6.45, 7) is 1.33. The Morgan fingerprint density at radius 1 is 0.773 bits per heavy atom. The van der Waals surface area contributed by atoms with E-state index in [1.54, 1.807) is 0 Å². The third-order valence-corrected chi connectivity index (χ3v) is 8.86. The summed E-state index contributed by atoms with van der Waals surface area (Å²) in [7, 11) is 2.68. The molecule has 234 valence electrons. The Bertz CT molecular complexity index is 1740. The molecule has 0 saturated carbocycles. The van der Waals surface area contributed by atoms with Crippen molar-refractivity contribution in [2.24, 2.45) is 5.92 Å². The van der Waals surface area contributed by atoms with Crippen LogP contribution in [-0.4, -0.2) is 61.2 Å². The fourth-order valence-corrected chi connectivity index (χ4v) is 6.35. The first-order valence-corrected chi connectivity index (χ1v) is 14.9. The number of carboxylic acids is 2. The minimum absolute atomic E-state index is 0.0433. The molecule has 2 heterocycles. The number of ether oxygens (including phenoxy) is 4. The van der Waals surface area contributed by atoms with Crippen LogP contribution in [0.2, 0.25) is 0 Å². The fourth-order valence-electron chi connectivity index (χ4n) is 4.26. The van der Waals surface area contributed by atoms with E-state index < -0.39 is 41.1 Å². The molecule has 0 aliphatic rings. The minimum atomic E-state index is -1.11. The molecule has 0 radical (unpaired) electrons. The Hall–Kier alpha value is -4.30. The Balaban J connectivity index is 1.44. The second kappa shape index (κ2) is 14.0. The van der Waals surface area contributed by atoms with Gasteiger partial charge in [-0.3, -0.25) is 19.2 Å². The van der Waals surface area contributed by atoms with Crippen LogP contribution in [0.3, 0.4) is 0 Å². The van der Waals surface area contributed by atoms with Gasteiger partial charge in [-0.25, -0.2) is 8.78 Å². The normalized spacial score (nSPS) is 11.8. The number of thiophene rings is 2. The molecule has 0 saturated heterocycles. The van der Waals surface area contributed by atoms with Gasteiger partial charge < -0.3 is 29.2 Å². The maximum absolute atomic E-state index is 15.5. The van der Waals surface area contributed by atoms with Crippen LogP contribution in [0.1, 0.15) is 52.0 Å². The van der Waals surface area contributed by atoms with Crippen molar-refractivity contribution in [3.63, 3.8) is 0 Å². The summed E-state index contributed by atoms with van der Waals surface area (Å²) in [5.41, 5.74) is 0. The smallest absolute Gasteiger partial charge is 0.306 e. The molecule has 0 amide bonds. The summed E-state index contributed by atoms with van der Waals surface area (Å²) in [5.74, 6) is -5.57. The standard InChI is InChI=1S/C30H28F2O10S2/c1-14(30(37)38)9-18(34)24-11-16-22(44-24)13-20(40-3)29(27(16)32)42-8-4-7-41-28-19(39-2)12-21-15(26(28)31)10-23(43-21)17(33)5-6-25(35)36/h10-14H,4-9H2,1-3H3,(H,35,36)(H,37,38)/t14-/m0/s1. The summed E-state index contributed by atoms with van der Waals surface area (Å²) in [4.78, 5) is 47.2. The number of halogens is 2. The summed E-state index contributed by atoms with van der Waals surface area (Å²) < 4.78 is 53.6. The number of methoxy groups -OCH3 is 2. The lowest BCUT2D eigenvalue weighted by atomic mass is 10.0. The van der Waals surface area contributed by atoms with Crippen LogP contribution < -0.4 is 18.9 Å². The van der Waals surface area contributed by atoms with Gasteiger partial charge in [0.2, 0.25) is 0 Å². The minimum Gasteiger partial charge on any atom is -0.493 e. The molecule has 0 aliphatic carbocycles. The lowest BCUT2D eigenvalue weighted by Gasteiger charge is -2.14. The number of fused-ring (bicyclic) bond motifs is 2. The molecular weight excluding hydrogens is 622 g/mol. The summed E-state index contributed by atoms with van der Waals surface area (Å²) >= 11 is 2.05. The van der Waals surface area contributed by atoms with Crippen molar-refractivity contribution in [3.05, 3.63) is 45.7 Å². The number of carbonyl (C=O) groups excluding carboxylic acids is 2. The Morgan fingerprint density at radius 2 is 1.25 bits per heavy atom. The molecule has 2 aromatic heterocycles. The molecule has 10 nitrogen and oxygen atoms in total. The van der Waals surface area contributed by atoms with Gasteiger partial charge in [0.25, 0.3) is 0 Å². The van der Waals surface area contributed by atoms with Crippen LogP contribution in [0.4, 0.5) is 8.78 Å². The van der Waals surface area contributed by atoms with Crippen molar-refractivity contribution in [1.82, 2.24) is 0 Å². The maximum Gasteiger partial charge on any atom is 0.306 e. The number of benzene rings is 2. The molecule has 4 rings (SSSR count). The molecule has 0 spiro atoms. The zero-order chi connectivity index (χ0) is 32.1. The molecule has 0 unspecified atom stereocenters. The Labute approximate surface area is 257 Å². The molecule has 2 N–H and O–H groups in total. The third kappa shape index (κ3) is 7.08. The predicted molar refractivity (Wildman–Crippen MR) is 159 cm³/mol. The molecule has 2 aromatic carbocycles. The van der Waals surface area contributed by atoms with Crippen LogP contribution in [0.25, 0.3) is 20.2 Å². The Kier molecular flexibility index (Phi) is 10.4. The highest BCUT2D eigenvalue weighted by Crippen LogP contribution is 2.42. The van der Waals surface area contributed by atoms with Crippen LogP contribution in [0.5, 0.6) is 23.0 Å². The van der Waals surface area contributed by atoms with E-state index in [-0.39, 0.29) is 82.4 Å². The largest absolute Gasteiger partial charge is 0.493 e. The van der Waals surface area contributed by atoms with Crippen LogP contribution >= 0.6 is 22.7 Å². The van der Waals surface area contributed by atoms with Crippen molar-refractivity contribution in [2.75, 3.05) is 27.4 Å². The zero-order valence-corrected chi connectivity index (χ0v) is 25.5. The van der Waals surface area contributed by atoms with Gasteiger partial charge >= 0.3 is 11.9 Å². The van der Waals surface area contributed by atoms with E-state index in [4.69, 9.17) is 29.2 Å². The summed E-state index contributed by atoms with van der Waals surface area (Å²) in [5, 5.41) is 18.2. The van der Waals surface area contributed by atoms with Crippen molar-refractivity contribution >= 4 is 66.4 Å². The molecule has 44 heavy (non-hydrogen) atoms. The number of Topliss-reactive ketones (excluding diaryl/α,β-unsaturated/α-hetero) is 2. The van der Waals surface area contributed by atoms with Gasteiger partial charge in [-0.05, 0) is 12.1 Å². The number of rotatable bonds is 16. The molecule has 0 aliphatic heterocycles. The number of carbonyl (C=O) groups is 4. The molecule has 4 aromatic rings. The molecule has 0 fully saturated rings. The first kappa shape index (κ1) is 32.6. The van der Waals surface area contributed by atoms with E-state index in [2.05, 4.69) is 0 Å².